The van der Waals surface area contributed by atoms with Crippen molar-refractivity contribution in [3.05, 3.63) is 48.2 Å². The fourth-order valence-corrected chi connectivity index (χ4v) is 3.95. The zero-order chi connectivity index (χ0) is 29.4. The Morgan fingerprint density at radius 2 is 1.64 bits per heavy atom. The van der Waals surface area contributed by atoms with Crippen molar-refractivity contribution >= 4 is 23.5 Å². The normalized spacial score (nSPS) is 20.9. The van der Waals surface area contributed by atoms with Gasteiger partial charge in [-0.05, 0) is 43.0 Å². The molecule has 2 aliphatic rings. The highest BCUT2D eigenvalue weighted by atomic mass is 19.4. The number of carbonyl (C=O) groups excluding carboxylic acids is 1. The Morgan fingerprint density at radius 3 is 2.15 bits per heavy atom. The van der Waals surface area contributed by atoms with Gasteiger partial charge in [-0.15, -0.1) is 0 Å². The van der Waals surface area contributed by atoms with Crippen molar-refractivity contribution in [3.8, 4) is 0 Å². The standard InChI is InChI=1S/C19H23N3O3.2C2HF3O2/c1-13-18(5-2-6-20-13)21-19(23)17-12-24-11-14-8-22(10-16(14)17)9-15-4-3-7-25-15;2*3-2(4,5)1(6)7/h2-7,14,16-17H,8-12H2,1H3,(H,21,23);2*(H,6,7)/t14-,16-,17+;;/m1../s1. The van der Waals surface area contributed by atoms with Gasteiger partial charge in [0.05, 0.1) is 43.3 Å². The van der Waals surface area contributed by atoms with Crippen LogP contribution in [0, 0.1) is 24.7 Å². The second-order valence-electron chi connectivity index (χ2n) is 8.57. The predicted molar refractivity (Wildman–Crippen MR) is 120 cm³/mol. The summed E-state index contributed by atoms with van der Waals surface area (Å²) in [4.78, 5) is 37.2. The van der Waals surface area contributed by atoms with E-state index >= 15 is 0 Å². The number of halogens is 6. The molecule has 3 atom stereocenters. The van der Waals surface area contributed by atoms with Gasteiger partial charge in [-0.2, -0.15) is 26.3 Å². The van der Waals surface area contributed by atoms with Crippen molar-refractivity contribution in [3.63, 3.8) is 0 Å². The largest absolute Gasteiger partial charge is 0.490 e. The molecule has 2 aromatic rings. The van der Waals surface area contributed by atoms with E-state index < -0.39 is 24.3 Å². The van der Waals surface area contributed by atoms with Crippen LogP contribution in [0.2, 0.25) is 0 Å². The first kappa shape index (κ1) is 31.6. The highest BCUT2D eigenvalue weighted by Crippen LogP contribution is 2.35. The molecular formula is C23H25F6N3O7. The first-order valence-corrected chi connectivity index (χ1v) is 11.2. The van der Waals surface area contributed by atoms with Crippen molar-refractivity contribution in [2.75, 3.05) is 31.6 Å². The Labute approximate surface area is 217 Å². The van der Waals surface area contributed by atoms with Crippen molar-refractivity contribution in [2.45, 2.75) is 25.8 Å². The summed E-state index contributed by atoms with van der Waals surface area (Å²) in [6.45, 7) is 5.75. The molecule has 0 radical (unpaired) electrons. The van der Waals surface area contributed by atoms with Crippen LogP contribution < -0.4 is 5.32 Å². The maximum Gasteiger partial charge on any atom is 0.490 e. The van der Waals surface area contributed by atoms with Gasteiger partial charge in [-0.25, -0.2) is 9.59 Å². The lowest BCUT2D eigenvalue weighted by Crippen LogP contribution is -2.42. The van der Waals surface area contributed by atoms with E-state index in [0.717, 1.165) is 43.4 Å². The van der Waals surface area contributed by atoms with E-state index in [-0.39, 0.29) is 11.8 Å². The van der Waals surface area contributed by atoms with Gasteiger partial charge in [0.1, 0.15) is 5.76 Å². The van der Waals surface area contributed by atoms with E-state index in [0.29, 0.717) is 18.4 Å². The second kappa shape index (κ2) is 13.4. The number of furan rings is 1. The fourth-order valence-electron chi connectivity index (χ4n) is 3.95. The summed E-state index contributed by atoms with van der Waals surface area (Å²) in [6, 6.07) is 7.63. The van der Waals surface area contributed by atoms with E-state index in [1.54, 1.807) is 12.5 Å². The Morgan fingerprint density at radius 1 is 1.03 bits per heavy atom. The molecule has 0 aromatic carbocycles. The molecule has 1 amide bonds. The molecule has 4 rings (SSSR count). The highest BCUT2D eigenvalue weighted by molar-refractivity contribution is 5.93. The summed E-state index contributed by atoms with van der Waals surface area (Å²) < 4.78 is 74.7. The monoisotopic (exact) mass is 569 g/mol. The number of hydrogen-bond donors (Lipinski definition) is 3. The fraction of sp³-hybridized carbons (Fsp3) is 0.478. The first-order valence-electron chi connectivity index (χ1n) is 11.2. The minimum atomic E-state index is -5.08. The second-order valence-corrected chi connectivity index (χ2v) is 8.57. The lowest BCUT2D eigenvalue weighted by atomic mass is 9.82. The molecule has 2 aliphatic heterocycles. The smallest absolute Gasteiger partial charge is 0.475 e. The van der Waals surface area contributed by atoms with Crippen molar-refractivity contribution in [1.29, 1.82) is 0 Å². The number of amides is 1. The van der Waals surface area contributed by atoms with Crippen LogP contribution in [0.1, 0.15) is 11.5 Å². The van der Waals surface area contributed by atoms with Crippen LogP contribution in [0.25, 0.3) is 0 Å². The van der Waals surface area contributed by atoms with E-state index in [2.05, 4.69) is 15.2 Å². The number of hydrogen-bond acceptors (Lipinski definition) is 7. The van der Waals surface area contributed by atoms with Gasteiger partial charge in [0.15, 0.2) is 0 Å². The zero-order valence-corrected chi connectivity index (χ0v) is 20.3. The third-order valence-corrected chi connectivity index (χ3v) is 5.76. The number of carboxylic acids is 2. The molecule has 216 valence electrons. The number of nitrogens with one attached hydrogen (secondary N) is 1. The topological polar surface area (TPSA) is 142 Å². The maximum atomic E-state index is 12.8. The molecule has 0 spiro atoms. The summed E-state index contributed by atoms with van der Waals surface area (Å²) >= 11 is 0. The van der Waals surface area contributed by atoms with E-state index in [9.17, 15) is 31.1 Å². The minimum absolute atomic E-state index is 0.0330. The number of aliphatic carboxylic acids is 2. The van der Waals surface area contributed by atoms with Crippen molar-refractivity contribution in [2.24, 2.45) is 17.8 Å². The van der Waals surface area contributed by atoms with Gasteiger partial charge < -0.3 is 24.7 Å². The van der Waals surface area contributed by atoms with Gasteiger partial charge >= 0.3 is 24.3 Å². The minimum Gasteiger partial charge on any atom is -0.475 e. The molecule has 3 N–H and O–H groups in total. The molecule has 0 bridgehead atoms. The molecule has 2 saturated heterocycles. The summed E-state index contributed by atoms with van der Waals surface area (Å²) in [5, 5.41) is 17.3. The molecule has 0 unspecified atom stereocenters. The number of nitrogens with zero attached hydrogens (tertiary/aromatic N) is 2. The molecular weight excluding hydrogens is 544 g/mol. The Balaban J connectivity index is 0.000000317. The summed E-state index contributed by atoms with van der Waals surface area (Å²) in [6.07, 6.45) is -6.73. The van der Waals surface area contributed by atoms with E-state index in [4.69, 9.17) is 29.0 Å². The lowest BCUT2D eigenvalue weighted by Gasteiger charge is -2.32. The van der Waals surface area contributed by atoms with Gasteiger partial charge in [-0.1, -0.05) is 0 Å². The average molecular weight is 569 g/mol. The van der Waals surface area contributed by atoms with Crippen LogP contribution in [0.4, 0.5) is 32.0 Å². The molecule has 16 heteroatoms. The van der Waals surface area contributed by atoms with Crippen molar-refractivity contribution < 1.29 is 60.1 Å². The molecule has 0 aliphatic carbocycles. The van der Waals surface area contributed by atoms with Gasteiger partial charge in [-0.3, -0.25) is 14.7 Å². The first-order chi connectivity index (χ1) is 18.1. The Hall–Kier alpha value is -3.66. The van der Waals surface area contributed by atoms with Crippen LogP contribution in [0.15, 0.2) is 41.1 Å². The summed E-state index contributed by atoms with van der Waals surface area (Å²) in [5.74, 6) is -3.92. The molecule has 2 fully saturated rings. The third kappa shape index (κ3) is 9.86. The third-order valence-electron chi connectivity index (χ3n) is 5.76. The van der Waals surface area contributed by atoms with Gasteiger partial charge in [0, 0.05) is 19.3 Å². The maximum absolute atomic E-state index is 12.8. The van der Waals surface area contributed by atoms with Crippen LogP contribution in [0.5, 0.6) is 0 Å². The number of aromatic nitrogens is 1. The number of ether oxygens (including phenoxy) is 1. The lowest BCUT2D eigenvalue weighted by molar-refractivity contribution is -0.193. The molecule has 4 heterocycles. The number of carboxylic acid groups (broad SMARTS) is 2. The van der Waals surface area contributed by atoms with Gasteiger partial charge in [0.2, 0.25) is 5.91 Å². The zero-order valence-electron chi connectivity index (χ0n) is 20.3. The number of pyridine rings is 1. The number of likely N-dealkylation sites (tertiary alicyclic amines) is 1. The van der Waals surface area contributed by atoms with Gasteiger partial charge in [0.25, 0.3) is 0 Å². The van der Waals surface area contributed by atoms with E-state index in [1.807, 2.05) is 31.2 Å². The molecule has 10 nitrogen and oxygen atoms in total. The number of fused-ring (bicyclic) bond motifs is 1. The summed E-state index contributed by atoms with van der Waals surface area (Å²) in [7, 11) is 0. The summed E-state index contributed by atoms with van der Waals surface area (Å²) in [5.41, 5.74) is 1.61. The predicted octanol–water partition coefficient (Wildman–Crippen LogP) is 3.58. The van der Waals surface area contributed by atoms with Crippen LogP contribution in [0.3, 0.4) is 0 Å². The number of anilines is 1. The van der Waals surface area contributed by atoms with E-state index in [1.165, 1.54) is 0 Å². The van der Waals surface area contributed by atoms with Crippen LogP contribution in [-0.2, 0) is 25.7 Å². The molecule has 39 heavy (non-hydrogen) atoms. The number of alkyl halides is 6. The van der Waals surface area contributed by atoms with Crippen LogP contribution in [-0.4, -0.2) is 76.6 Å². The van der Waals surface area contributed by atoms with Crippen LogP contribution >= 0.6 is 0 Å². The Bertz CT molecular complexity index is 1080. The number of carbonyl (C=O) groups is 3. The molecule has 0 saturated carbocycles. The molecule has 2 aromatic heterocycles. The Kier molecular flexibility index (Phi) is 10.9. The SMILES string of the molecule is Cc1ncccc1NC(=O)[C@H]1COC[C@H]2CN(Cc3ccco3)C[C@H]21.O=C(O)C(F)(F)F.O=C(O)C(F)(F)F. The number of rotatable bonds is 4. The highest BCUT2D eigenvalue weighted by Gasteiger charge is 2.44. The number of aryl methyl sites for hydroxylation is 1. The average Bonchev–Trinajstić information content (AvgIpc) is 3.49. The van der Waals surface area contributed by atoms with Crippen molar-refractivity contribution in [1.82, 2.24) is 9.88 Å². The quantitative estimate of drug-likeness (QED) is 0.471.